The van der Waals surface area contributed by atoms with Crippen LogP contribution in [0.25, 0.3) is 5.57 Å². The van der Waals surface area contributed by atoms with E-state index in [1.165, 1.54) is 21.9 Å². The molecule has 3 heterocycles. The number of nitrogens with zero attached hydrogens (tertiary/aromatic N) is 3. The lowest BCUT2D eigenvalue weighted by Gasteiger charge is -2.37. The average molecular weight is 426 g/mol. The van der Waals surface area contributed by atoms with Gasteiger partial charge in [0.25, 0.3) is 11.8 Å². The molecule has 0 aliphatic carbocycles. The molecular formula is C23H27N3O3S. The van der Waals surface area contributed by atoms with Crippen LogP contribution < -0.4 is 4.90 Å². The first kappa shape index (κ1) is 20.6. The molecule has 158 valence electrons. The molecule has 0 bridgehead atoms. The predicted molar refractivity (Wildman–Crippen MR) is 119 cm³/mol. The highest BCUT2D eigenvalue weighted by Crippen LogP contribution is 2.34. The quantitative estimate of drug-likeness (QED) is 0.638. The Morgan fingerprint density at radius 3 is 2.27 bits per heavy atom. The second-order valence-electron chi connectivity index (χ2n) is 7.69. The van der Waals surface area contributed by atoms with Gasteiger partial charge in [0.1, 0.15) is 5.70 Å². The largest absolute Gasteiger partial charge is 0.377 e. The molecule has 1 aromatic heterocycles. The van der Waals surface area contributed by atoms with Crippen LogP contribution in [0, 0.1) is 0 Å². The molecule has 30 heavy (non-hydrogen) atoms. The lowest BCUT2D eigenvalue weighted by atomic mass is 10.1. The van der Waals surface area contributed by atoms with Crippen molar-refractivity contribution in [3.8, 4) is 0 Å². The van der Waals surface area contributed by atoms with E-state index in [0.717, 1.165) is 18.0 Å². The summed E-state index contributed by atoms with van der Waals surface area (Å²) in [5, 5.41) is 1.94. The van der Waals surface area contributed by atoms with E-state index in [2.05, 4.69) is 21.9 Å². The number of piperazine rings is 1. The zero-order valence-electron chi connectivity index (χ0n) is 17.4. The molecule has 0 radical (unpaired) electrons. The number of imide groups is 1. The third-order valence-corrected chi connectivity index (χ3v) is 6.28. The van der Waals surface area contributed by atoms with Gasteiger partial charge in [-0.15, -0.1) is 11.3 Å². The molecule has 2 aromatic rings. The molecule has 6 nitrogen and oxygen atoms in total. The van der Waals surface area contributed by atoms with E-state index in [-0.39, 0.29) is 24.5 Å². The Hall–Kier alpha value is -2.64. The lowest BCUT2D eigenvalue weighted by Crippen LogP contribution is -2.47. The maximum atomic E-state index is 13.3. The molecule has 2 amide bonds. The Morgan fingerprint density at radius 1 is 0.933 bits per heavy atom. The smallest absolute Gasteiger partial charge is 0.277 e. The summed E-state index contributed by atoms with van der Waals surface area (Å²) in [4.78, 5) is 33.1. The molecule has 1 aromatic carbocycles. The van der Waals surface area contributed by atoms with Crippen LogP contribution >= 0.6 is 11.3 Å². The second-order valence-corrected chi connectivity index (χ2v) is 8.64. The Balaban J connectivity index is 1.54. The maximum absolute atomic E-state index is 13.3. The van der Waals surface area contributed by atoms with Crippen molar-refractivity contribution in [2.24, 2.45) is 0 Å². The number of hydrogen-bond acceptors (Lipinski definition) is 6. The molecule has 1 fully saturated rings. The van der Waals surface area contributed by atoms with Crippen LogP contribution in [-0.4, -0.2) is 67.0 Å². The van der Waals surface area contributed by atoms with Gasteiger partial charge in [0, 0.05) is 36.7 Å². The van der Waals surface area contributed by atoms with Crippen LogP contribution in [0.3, 0.4) is 0 Å². The Bertz CT molecular complexity index is 916. The highest BCUT2D eigenvalue weighted by Gasteiger charge is 2.42. The van der Waals surface area contributed by atoms with Crippen molar-refractivity contribution in [1.82, 2.24) is 9.80 Å². The van der Waals surface area contributed by atoms with E-state index in [4.69, 9.17) is 4.74 Å². The zero-order chi connectivity index (χ0) is 21.1. The molecule has 2 aliphatic heterocycles. The van der Waals surface area contributed by atoms with E-state index in [1.807, 2.05) is 49.6 Å². The van der Waals surface area contributed by atoms with Crippen molar-refractivity contribution in [2.75, 3.05) is 44.2 Å². The van der Waals surface area contributed by atoms with Crippen molar-refractivity contribution < 1.29 is 14.3 Å². The van der Waals surface area contributed by atoms with E-state index in [0.29, 0.717) is 31.0 Å². The van der Waals surface area contributed by atoms with Gasteiger partial charge in [-0.25, -0.2) is 0 Å². The number of amides is 2. The van der Waals surface area contributed by atoms with Gasteiger partial charge in [0.2, 0.25) is 0 Å². The highest BCUT2D eigenvalue weighted by atomic mass is 32.1. The van der Waals surface area contributed by atoms with Crippen LogP contribution in [0.1, 0.15) is 18.7 Å². The fraction of sp³-hybridized carbons (Fsp3) is 0.391. The Kier molecular flexibility index (Phi) is 6.20. The summed E-state index contributed by atoms with van der Waals surface area (Å²) in [7, 11) is 0. The monoisotopic (exact) mass is 425 g/mol. The molecule has 0 spiro atoms. The van der Waals surface area contributed by atoms with Crippen molar-refractivity contribution in [3.05, 3.63) is 58.4 Å². The topological polar surface area (TPSA) is 53.1 Å². The maximum Gasteiger partial charge on any atom is 0.277 e. The summed E-state index contributed by atoms with van der Waals surface area (Å²) in [5.74, 6) is -0.417. The summed E-state index contributed by atoms with van der Waals surface area (Å²) in [6, 6.07) is 14.1. The fourth-order valence-corrected chi connectivity index (χ4v) is 4.67. The number of benzene rings is 1. The highest BCUT2D eigenvalue weighted by molar-refractivity contribution is 7.11. The van der Waals surface area contributed by atoms with Crippen molar-refractivity contribution in [2.45, 2.75) is 20.0 Å². The van der Waals surface area contributed by atoms with E-state index >= 15 is 0 Å². The number of carbonyl (C=O) groups excluding carboxylic acids is 2. The predicted octanol–water partition coefficient (Wildman–Crippen LogP) is 3.08. The van der Waals surface area contributed by atoms with Gasteiger partial charge in [-0.2, -0.15) is 0 Å². The van der Waals surface area contributed by atoms with Gasteiger partial charge in [0.15, 0.2) is 0 Å². The summed E-state index contributed by atoms with van der Waals surface area (Å²) in [6.07, 6.45) is 0.0630. The summed E-state index contributed by atoms with van der Waals surface area (Å²) >= 11 is 1.50. The molecule has 0 N–H and O–H groups in total. The molecule has 0 unspecified atom stereocenters. The van der Waals surface area contributed by atoms with Gasteiger partial charge in [-0.1, -0.05) is 24.3 Å². The first-order valence-electron chi connectivity index (χ1n) is 10.4. The molecule has 2 aliphatic rings. The number of hydrogen-bond donors (Lipinski definition) is 0. The fourth-order valence-electron chi connectivity index (χ4n) is 3.91. The summed E-state index contributed by atoms with van der Waals surface area (Å²) in [6.45, 7) is 7.54. The summed E-state index contributed by atoms with van der Waals surface area (Å²) in [5.41, 5.74) is 2.26. The molecular weight excluding hydrogens is 398 g/mol. The minimum atomic E-state index is -0.213. The van der Waals surface area contributed by atoms with E-state index in [1.54, 1.807) is 0 Å². The number of ether oxygens (including phenoxy) is 1. The summed E-state index contributed by atoms with van der Waals surface area (Å²) < 4.78 is 5.59. The third-order valence-electron chi connectivity index (χ3n) is 5.39. The SMILES string of the molecule is CC(C)OCCN1C(=O)C(c2cccs2)=C(N2CCN(c3ccccc3)CC2)C1=O. The number of rotatable bonds is 7. The molecule has 4 rings (SSSR count). The Morgan fingerprint density at radius 2 is 1.63 bits per heavy atom. The number of para-hydroxylation sites is 1. The van der Waals surface area contributed by atoms with Crippen LogP contribution in [0.15, 0.2) is 53.5 Å². The lowest BCUT2D eigenvalue weighted by molar-refractivity contribution is -0.138. The van der Waals surface area contributed by atoms with E-state index in [9.17, 15) is 9.59 Å². The second kappa shape index (κ2) is 9.02. The van der Waals surface area contributed by atoms with Crippen LogP contribution in [0.4, 0.5) is 5.69 Å². The number of anilines is 1. The van der Waals surface area contributed by atoms with Crippen molar-refractivity contribution in [3.63, 3.8) is 0 Å². The minimum Gasteiger partial charge on any atom is -0.377 e. The van der Waals surface area contributed by atoms with Gasteiger partial charge >= 0.3 is 0 Å². The van der Waals surface area contributed by atoms with Gasteiger partial charge in [-0.05, 0) is 37.4 Å². The number of carbonyl (C=O) groups is 2. The minimum absolute atomic E-state index is 0.0630. The molecule has 0 atom stereocenters. The third kappa shape index (κ3) is 4.13. The van der Waals surface area contributed by atoms with Gasteiger partial charge in [-0.3, -0.25) is 14.5 Å². The normalized spacial score (nSPS) is 17.6. The van der Waals surface area contributed by atoms with Crippen LogP contribution in [0.2, 0.25) is 0 Å². The number of thiophene rings is 1. The average Bonchev–Trinajstić information content (AvgIpc) is 3.36. The van der Waals surface area contributed by atoms with Crippen LogP contribution in [0.5, 0.6) is 0 Å². The van der Waals surface area contributed by atoms with Gasteiger partial charge < -0.3 is 14.5 Å². The van der Waals surface area contributed by atoms with Crippen molar-refractivity contribution >= 4 is 34.4 Å². The Labute approximate surface area is 181 Å². The molecule has 0 saturated carbocycles. The van der Waals surface area contributed by atoms with Crippen LogP contribution in [-0.2, 0) is 14.3 Å². The van der Waals surface area contributed by atoms with Crippen molar-refractivity contribution in [1.29, 1.82) is 0 Å². The zero-order valence-corrected chi connectivity index (χ0v) is 18.2. The standard InChI is InChI=1S/C23H27N3O3S/c1-17(2)29-15-14-26-22(27)20(19-9-6-16-30-19)21(23(26)28)25-12-10-24(11-13-25)18-7-4-3-5-8-18/h3-9,16-17H,10-15H2,1-2H3. The van der Waals surface area contributed by atoms with E-state index < -0.39 is 0 Å². The molecule has 7 heteroatoms. The molecule has 1 saturated heterocycles. The first-order valence-corrected chi connectivity index (χ1v) is 11.2. The first-order chi connectivity index (χ1) is 14.6. The van der Waals surface area contributed by atoms with Gasteiger partial charge in [0.05, 0.1) is 24.8 Å².